The second kappa shape index (κ2) is 5.58. The Morgan fingerprint density at radius 2 is 2.27 bits per heavy atom. The number of amides is 1. The second-order valence-corrected chi connectivity index (χ2v) is 5.12. The van der Waals surface area contributed by atoms with E-state index >= 15 is 0 Å². The van der Waals surface area contributed by atoms with E-state index in [1.54, 1.807) is 0 Å². The molecule has 1 fully saturated rings. The standard InChI is InChI=1S/C13H16N4O5/c1-2-3-16-5-15-11-8(12(16)21)14-6-17(11)13-10(20)9(19)7(4-18)22-13/h1,6-7,9-10,13,15,18-20H,3-5H2/t7-,9-,10-,13-/m1/s1. The average Bonchev–Trinajstić information content (AvgIpc) is 3.05. The number of nitrogens with zero attached hydrogens (tertiary/aromatic N) is 3. The normalized spacial score (nSPS) is 30.8. The molecule has 0 aliphatic carbocycles. The molecule has 2 aliphatic rings. The minimum Gasteiger partial charge on any atom is -0.394 e. The van der Waals surface area contributed by atoms with Crippen molar-refractivity contribution in [2.75, 3.05) is 25.1 Å². The molecule has 118 valence electrons. The molecule has 1 amide bonds. The second-order valence-electron chi connectivity index (χ2n) is 5.12. The molecular weight excluding hydrogens is 292 g/mol. The summed E-state index contributed by atoms with van der Waals surface area (Å²) in [5.74, 6) is 2.45. The molecule has 4 N–H and O–H groups in total. The molecule has 1 aromatic heterocycles. The smallest absolute Gasteiger partial charge is 0.278 e. The first kappa shape index (κ1) is 14.8. The van der Waals surface area contributed by atoms with Gasteiger partial charge in [-0.05, 0) is 0 Å². The summed E-state index contributed by atoms with van der Waals surface area (Å²) in [7, 11) is 0. The molecule has 3 heterocycles. The number of fused-ring (bicyclic) bond motifs is 1. The molecule has 2 aliphatic heterocycles. The topological polar surface area (TPSA) is 120 Å². The van der Waals surface area contributed by atoms with Crippen molar-refractivity contribution in [3.8, 4) is 12.3 Å². The third-order valence-corrected chi connectivity index (χ3v) is 3.79. The van der Waals surface area contributed by atoms with E-state index in [2.05, 4.69) is 16.2 Å². The van der Waals surface area contributed by atoms with Gasteiger partial charge in [0.25, 0.3) is 5.91 Å². The van der Waals surface area contributed by atoms with Crippen molar-refractivity contribution in [2.24, 2.45) is 0 Å². The summed E-state index contributed by atoms with van der Waals surface area (Å²) in [6.45, 7) is -0.0591. The lowest BCUT2D eigenvalue weighted by Gasteiger charge is -2.28. The minimum atomic E-state index is -1.24. The van der Waals surface area contributed by atoms with Crippen molar-refractivity contribution in [3.05, 3.63) is 12.0 Å². The number of hydrogen-bond acceptors (Lipinski definition) is 7. The molecular formula is C13H16N4O5. The number of carbonyl (C=O) groups is 1. The first-order valence-corrected chi connectivity index (χ1v) is 6.74. The summed E-state index contributed by atoms with van der Waals surface area (Å²) in [6.07, 6.45) is 2.26. The van der Waals surface area contributed by atoms with Crippen LogP contribution in [0.2, 0.25) is 0 Å². The molecule has 4 atom stereocenters. The summed E-state index contributed by atoms with van der Waals surface area (Å²) in [4.78, 5) is 17.7. The van der Waals surface area contributed by atoms with Gasteiger partial charge in [-0.25, -0.2) is 4.98 Å². The highest BCUT2D eigenvalue weighted by Crippen LogP contribution is 2.33. The molecule has 22 heavy (non-hydrogen) atoms. The lowest BCUT2D eigenvalue weighted by atomic mass is 10.1. The Morgan fingerprint density at radius 3 is 2.91 bits per heavy atom. The number of carbonyl (C=O) groups excluding carboxylic acids is 1. The van der Waals surface area contributed by atoms with Gasteiger partial charge in [0.2, 0.25) is 0 Å². The van der Waals surface area contributed by atoms with E-state index in [1.807, 2.05) is 0 Å². The van der Waals surface area contributed by atoms with Crippen LogP contribution in [-0.4, -0.2) is 73.8 Å². The number of ether oxygens (including phenoxy) is 1. The molecule has 0 spiro atoms. The van der Waals surface area contributed by atoms with Crippen molar-refractivity contribution < 1.29 is 24.9 Å². The number of aliphatic hydroxyl groups is 3. The molecule has 9 heteroatoms. The van der Waals surface area contributed by atoms with E-state index in [0.29, 0.717) is 5.82 Å². The predicted octanol–water partition coefficient (Wildman–Crippen LogP) is -2.05. The molecule has 3 rings (SSSR count). The molecule has 0 radical (unpaired) electrons. The van der Waals surface area contributed by atoms with Crippen LogP contribution in [-0.2, 0) is 4.74 Å². The number of rotatable bonds is 3. The first-order valence-electron chi connectivity index (χ1n) is 6.74. The number of nitrogens with one attached hydrogen (secondary N) is 1. The van der Waals surface area contributed by atoms with Crippen molar-refractivity contribution in [1.29, 1.82) is 0 Å². The lowest BCUT2D eigenvalue weighted by Crippen LogP contribution is -2.41. The van der Waals surface area contributed by atoms with Gasteiger partial charge in [0.05, 0.1) is 26.1 Å². The van der Waals surface area contributed by atoms with Crippen molar-refractivity contribution in [1.82, 2.24) is 14.5 Å². The average molecular weight is 308 g/mol. The summed E-state index contributed by atoms with van der Waals surface area (Å²) in [5.41, 5.74) is 0.166. The van der Waals surface area contributed by atoms with Gasteiger partial charge in [-0.1, -0.05) is 5.92 Å². The highest BCUT2D eigenvalue weighted by atomic mass is 16.6. The fraction of sp³-hybridized carbons (Fsp3) is 0.538. The molecule has 0 unspecified atom stereocenters. The van der Waals surface area contributed by atoms with Crippen LogP contribution in [0.1, 0.15) is 16.7 Å². The number of imidazole rings is 1. The van der Waals surface area contributed by atoms with Gasteiger partial charge in [-0.15, -0.1) is 6.42 Å². The maximum atomic E-state index is 12.2. The number of aliphatic hydroxyl groups excluding tert-OH is 3. The SMILES string of the molecule is C#CCN1CNc2c(ncn2[C@@H]2O[C@H](CO)[C@@H](O)[C@H]2O)C1=O. The summed E-state index contributed by atoms with van der Waals surface area (Å²) in [6, 6.07) is 0. The van der Waals surface area contributed by atoms with Gasteiger partial charge in [0, 0.05) is 0 Å². The maximum absolute atomic E-state index is 12.2. The van der Waals surface area contributed by atoms with Crippen LogP contribution >= 0.6 is 0 Å². The largest absolute Gasteiger partial charge is 0.394 e. The molecule has 0 aromatic carbocycles. The first-order chi connectivity index (χ1) is 10.6. The maximum Gasteiger partial charge on any atom is 0.278 e. The van der Waals surface area contributed by atoms with Gasteiger partial charge < -0.3 is 30.3 Å². The highest BCUT2D eigenvalue weighted by Gasteiger charge is 2.45. The van der Waals surface area contributed by atoms with E-state index in [-0.39, 0.29) is 24.8 Å². The van der Waals surface area contributed by atoms with Gasteiger partial charge in [0.1, 0.15) is 24.1 Å². The van der Waals surface area contributed by atoms with E-state index in [0.717, 1.165) is 0 Å². The molecule has 0 bridgehead atoms. The van der Waals surface area contributed by atoms with Gasteiger partial charge in [-0.3, -0.25) is 9.36 Å². The van der Waals surface area contributed by atoms with E-state index < -0.39 is 31.1 Å². The van der Waals surface area contributed by atoms with E-state index in [4.69, 9.17) is 16.3 Å². The third kappa shape index (κ3) is 2.13. The van der Waals surface area contributed by atoms with Crippen molar-refractivity contribution in [3.63, 3.8) is 0 Å². The van der Waals surface area contributed by atoms with Gasteiger partial charge in [0.15, 0.2) is 11.9 Å². The Balaban J connectivity index is 1.89. The van der Waals surface area contributed by atoms with Crippen molar-refractivity contribution in [2.45, 2.75) is 24.5 Å². The Kier molecular flexibility index (Phi) is 3.76. The van der Waals surface area contributed by atoms with Crippen LogP contribution < -0.4 is 5.32 Å². The molecule has 0 saturated carbocycles. The van der Waals surface area contributed by atoms with Crippen molar-refractivity contribution >= 4 is 11.7 Å². The van der Waals surface area contributed by atoms with Gasteiger partial charge >= 0.3 is 0 Å². The van der Waals surface area contributed by atoms with E-state index in [9.17, 15) is 15.0 Å². The molecule has 1 aromatic rings. The van der Waals surface area contributed by atoms with Crippen LogP contribution in [0.25, 0.3) is 0 Å². The van der Waals surface area contributed by atoms with Crippen LogP contribution in [0.5, 0.6) is 0 Å². The fourth-order valence-corrected chi connectivity index (χ4v) is 2.63. The zero-order chi connectivity index (χ0) is 15.9. The monoisotopic (exact) mass is 308 g/mol. The molecule has 1 saturated heterocycles. The third-order valence-electron chi connectivity index (χ3n) is 3.79. The highest BCUT2D eigenvalue weighted by molar-refractivity contribution is 5.98. The zero-order valence-electron chi connectivity index (χ0n) is 11.6. The summed E-state index contributed by atoms with van der Waals surface area (Å²) >= 11 is 0. The van der Waals surface area contributed by atoms with Crippen LogP contribution in [0.3, 0.4) is 0 Å². The quantitative estimate of drug-likeness (QED) is 0.475. The number of terminal acetylenes is 1. The van der Waals surface area contributed by atoms with Gasteiger partial charge in [-0.2, -0.15) is 0 Å². The van der Waals surface area contributed by atoms with Crippen LogP contribution in [0, 0.1) is 12.3 Å². The predicted molar refractivity (Wildman–Crippen MR) is 73.6 cm³/mol. The number of hydrogen-bond donors (Lipinski definition) is 4. The summed E-state index contributed by atoms with van der Waals surface area (Å²) in [5, 5.41) is 32.0. The summed E-state index contributed by atoms with van der Waals surface area (Å²) < 4.78 is 6.87. The number of anilines is 1. The fourth-order valence-electron chi connectivity index (χ4n) is 2.63. The zero-order valence-corrected chi connectivity index (χ0v) is 11.6. The van der Waals surface area contributed by atoms with Crippen LogP contribution in [0.15, 0.2) is 6.33 Å². The Labute approximate surface area is 126 Å². The Bertz CT molecular complexity index is 624. The minimum absolute atomic E-state index is 0.159. The Hall–Kier alpha value is -2.12. The Morgan fingerprint density at radius 1 is 1.50 bits per heavy atom. The van der Waals surface area contributed by atoms with Crippen LogP contribution in [0.4, 0.5) is 5.82 Å². The van der Waals surface area contributed by atoms with E-state index in [1.165, 1.54) is 15.8 Å². The molecule has 9 nitrogen and oxygen atoms in total. The number of aromatic nitrogens is 2. The lowest BCUT2D eigenvalue weighted by molar-refractivity contribution is -0.0519.